The molecule has 5 heteroatoms. The molecule has 0 saturated carbocycles. The molecule has 0 fully saturated rings. The van der Waals surface area contributed by atoms with Crippen LogP contribution in [0, 0.1) is 11.3 Å². The Morgan fingerprint density at radius 1 is 1.38 bits per heavy atom. The highest BCUT2D eigenvalue weighted by Crippen LogP contribution is 2.13. The second kappa shape index (κ2) is 2.68. The summed E-state index contributed by atoms with van der Waals surface area (Å²) >= 11 is 0. The Labute approximate surface area is 73.9 Å². The third-order valence-electron chi connectivity index (χ3n) is 1.58. The molecule has 2 N–H and O–H groups in total. The van der Waals surface area contributed by atoms with Crippen LogP contribution >= 0.6 is 0 Å². The summed E-state index contributed by atoms with van der Waals surface area (Å²) in [7, 11) is 0. The third kappa shape index (κ3) is 1.14. The fourth-order valence-electron chi connectivity index (χ4n) is 1.04. The molecule has 62 valence electrons. The Morgan fingerprint density at radius 2 is 2.23 bits per heavy atom. The second-order valence-electron chi connectivity index (χ2n) is 2.42. The first-order valence-electron chi connectivity index (χ1n) is 3.59. The van der Waals surface area contributed by atoms with E-state index in [0.29, 0.717) is 11.0 Å². The lowest BCUT2D eigenvalue weighted by Crippen LogP contribution is -1.98. The molecule has 13 heavy (non-hydrogen) atoms. The summed E-state index contributed by atoms with van der Waals surface area (Å²) in [6, 6.07) is 5.30. The molecule has 0 aromatic carbocycles. The quantitative estimate of drug-likeness (QED) is 0.622. The number of nitrogens with two attached hydrogens (primary N) is 1. The lowest BCUT2D eigenvalue weighted by molar-refractivity contribution is 1.15. The number of pyridine rings is 1. The van der Waals surface area contributed by atoms with Gasteiger partial charge in [-0.1, -0.05) is 0 Å². The molecule has 2 aromatic rings. The number of nitrogen functional groups attached to an aromatic ring is 1. The molecular formula is C8H5N5. The van der Waals surface area contributed by atoms with Crippen LogP contribution in [0.5, 0.6) is 0 Å². The van der Waals surface area contributed by atoms with Crippen molar-refractivity contribution < 1.29 is 0 Å². The first-order chi connectivity index (χ1) is 6.31. The lowest BCUT2D eigenvalue weighted by Gasteiger charge is -1.98. The number of hydrogen-bond donors (Lipinski definition) is 1. The van der Waals surface area contributed by atoms with Crippen molar-refractivity contribution in [2.75, 3.05) is 5.73 Å². The molecule has 0 aliphatic heterocycles. The summed E-state index contributed by atoms with van der Waals surface area (Å²) < 4.78 is 0. The first kappa shape index (κ1) is 7.43. The van der Waals surface area contributed by atoms with Crippen molar-refractivity contribution >= 4 is 16.9 Å². The van der Waals surface area contributed by atoms with Gasteiger partial charge in [-0.2, -0.15) is 10.2 Å². The Kier molecular flexibility index (Phi) is 1.53. The zero-order chi connectivity index (χ0) is 9.26. The van der Waals surface area contributed by atoms with E-state index in [-0.39, 0.29) is 11.6 Å². The molecule has 0 atom stereocenters. The van der Waals surface area contributed by atoms with Gasteiger partial charge in [-0.15, -0.1) is 0 Å². The Hall–Kier alpha value is -2.22. The molecular weight excluding hydrogens is 166 g/mol. The largest absolute Gasteiger partial charge is 0.382 e. The molecule has 2 aromatic heterocycles. The van der Waals surface area contributed by atoms with Crippen molar-refractivity contribution in [2.24, 2.45) is 0 Å². The first-order valence-corrected chi connectivity index (χ1v) is 3.59. The molecule has 0 saturated heterocycles. The molecule has 0 bridgehead atoms. The Balaban J connectivity index is 2.86. The summed E-state index contributed by atoms with van der Waals surface area (Å²) in [5, 5.41) is 8.57. The van der Waals surface area contributed by atoms with Crippen molar-refractivity contribution in [1.82, 2.24) is 15.0 Å². The molecule has 2 heterocycles. The molecule has 0 amide bonds. The number of anilines is 1. The second-order valence-corrected chi connectivity index (χ2v) is 2.42. The average Bonchev–Trinajstić information content (AvgIpc) is 2.18. The third-order valence-corrected chi connectivity index (χ3v) is 1.58. The van der Waals surface area contributed by atoms with Crippen LogP contribution in [0.4, 0.5) is 5.82 Å². The molecule has 0 unspecified atom stereocenters. The molecule has 0 aliphatic rings. The van der Waals surface area contributed by atoms with E-state index in [4.69, 9.17) is 11.0 Å². The van der Waals surface area contributed by atoms with Crippen molar-refractivity contribution in [3.05, 3.63) is 24.2 Å². The van der Waals surface area contributed by atoms with E-state index >= 15 is 0 Å². The normalized spacial score (nSPS) is 9.77. The van der Waals surface area contributed by atoms with Gasteiger partial charge in [-0.3, -0.25) is 4.98 Å². The highest BCUT2D eigenvalue weighted by Gasteiger charge is 2.03. The van der Waals surface area contributed by atoms with Crippen LogP contribution in [0.3, 0.4) is 0 Å². The maximum absolute atomic E-state index is 8.57. The number of nitrogens with zero attached hydrogens (tertiary/aromatic N) is 4. The topological polar surface area (TPSA) is 88.5 Å². The van der Waals surface area contributed by atoms with E-state index in [1.165, 1.54) is 0 Å². The van der Waals surface area contributed by atoms with E-state index < -0.39 is 0 Å². The summed E-state index contributed by atoms with van der Waals surface area (Å²) in [5.74, 6) is 0.306. The van der Waals surface area contributed by atoms with Crippen LogP contribution in [-0.4, -0.2) is 15.0 Å². The highest BCUT2D eigenvalue weighted by molar-refractivity contribution is 5.83. The summed E-state index contributed by atoms with van der Waals surface area (Å²) in [6.07, 6.45) is 1.61. The molecule has 0 aliphatic carbocycles. The van der Waals surface area contributed by atoms with Crippen molar-refractivity contribution in [1.29, 1.82) is 5.26 Å². The van der Waals surface area contributed by atoms with Crippen molar-refractivity contribution in [3.63, 3.8) is 0 Å². The lowest BCUT2D eigenvalue weighted by atomic mass is 10.3. The van der Waals surface area contributed by atoms with Gasteiger partial charge in [0.15, 0.2) is 5.82 Å². The zero-order valence-electron chi connectivity index (χ0n) is 6.60. The molecule has 0 spiro atoms. The Morgan fingerprint density at radius 3 is 3.00 bits per heavy atom. The van der Waals surface area contributed by atoms with Crippen LogP contribution in [0.25, 0.3) is 11.0 Å². The summed E-state index contributed by atoms with van der Waals surface area (Å²) in [4.78, 5) is 11.7. The van der Waals surface area contributed by atoms with Gasteiger partial charge >= 0.3 is 0 Å². The Bertz CT molecular complexity index is 499. The van der Waals surface area contributed by atoms with Gasteiger partial charge in [0.05, 0.1) is 5.52 Å². The number of nitriles is 1. The van der Waals surface area contributed by atoms with E-state index in [9.17, 15) is 0 Å². The fraction of sp³-hybridized carbons (Fsp3) is 0. The maximum Gasteiger partial charge on any atom is 0.234 e. The van der Waals surface area contributed by atoms with Crippen molar-refractivity contribution in [2.45, 2.75) is 0 Å². The van der Waals surface area contributed by atoms with Crippen LogP contribution in [0.2, 0.25) is 0 Å². The van der Waals surface area contributed by atoms with E-state index in [0.717, 1.165) is 0 Å². The van der Waals surface area contributed by atoms with Gasteiger partial charge in [0, 0.05) is 6.20 Å². The highest BCUT2D eigenvalue weighted by atomic mass is 15.0. The standard InChI is InChI=1S/C8H5N5/c9-4-6-12-5-2-1-3-11-7(5)8(10)13-6/h1-3H,(H2,10,12,13). The summed E-state index contributed by atoms with van der Waals surface area (Å²) in [6.45, 7) is 0. The van der Waals surface area contributed by atoms with E-state index in [2.05, 4.69) is 15.0 Å². The minimum atomic E-state index is 0.0676. The fourth-order valence-corrected chi connectivity index (χ4v) is 1.04. The SMILES string of the molecule is N#Cc1nc(N)c2ncccc2n1. The number of aromatic nitrogens is 3. The molecule has 5 nitrogen and oxygen atoms in total. The monoisotopic (exact) mass is 171 g/mol. The number of rotatable bonds is 0. The number of fused-ring (bicyclic) bond motifs is 1. The molecule has 0 radical (unpaired) electrons. The van der Waals surface area contributed by atoms with Crippen LogP contribution < -0.4 is 5.73 Å². The smallest absolute Gasteiger partial charge is 0.234 e. The molecule has 2 rings (SSSR count). The van der Waals surface area contributed by atoms with E-state index in [1.807, 2.05) is 6.07 Å². The van der Waals surface area contributed by atoms with Gasteiger partial charge < -0.3 is 5.73 Å². The zero-order valence-corrected chi connectivity index (χ0v) is 6.60. The predicted molar refractivity (Wildman–Crippen MR) is 46.5 cm³/mol. The minimum Gasteiger partial charge on any atom is -0.382 e. The summed E-state index contributed by atoms with van der Waals surface area (Å²) in [5.41, 5.74) is 6.69. The van der Waals surface area contributed by atoms with Gasteiger partial charge in [-0.05, 0) is 12.1 Å². The van der Waals surface area contributed by atoms with E-state index in [1.54, 1.807) is 18.3 Å². The van der Waals surface area contributed by atoms with Crippen molar-refractivity contribution in [3.8, 4) is 6.07 Å². The van der Waals surface area contributed by atoms with Crippen LogP contribution in [0.15, 0.2) is 18.3 Å². The van der Waals surface area contributed by atoms with Gasteiger partial charge in [0.25, 0.3) is 0 Å². The minimum absolute atomic E-state index is 0.0676. The number of hydrogen-bond acceptors (Lipinski definition) is 5. The van der Waals surface area contributed by atoms with Crippen LogP contribution in [-0.2, 0) is 0 Å². The van der Waals surface area contributed by atoms with Gasteiger partial charge in [0.2, 0.25) is 5.82 Å². The predicted octanol–water partition coefficient (Wildman–Crippen LogP) is 0.479. The van der Waals surface area contributed by atoms with Gasteiger partial charge in [0.1, 0.15) is 11.6 Å². The van der Waals surface area contributed by atoms with Crippen LogP contribution in [0.1, 0.15) is 5.82 Å². The van der Waals surface area contributed by atoms with Gasteiger partial charge in [-0.25, -0.2) is 4.98 Å². The average molecular weight is 171 g/mol. The maximum atomic E-state index is 8.57.